The SMILES string of the molecule is COc1ccc(-c2csc3nc(C(=O)O)cn23)c(Br)c1. The Bertz CT molecular complexity index is 809. The normalized spacial score (nSPS) is 10.9. The van der Waals surface area contributed by atoms with Crippen LogP contribution in [-0.4, -0.2) is 27.6 Å². The van der Waals surface area contributed by atoms with Crippen molar-refractivity contribution in [3.05, 3.63) is 39.9 Å². The van der Waals surface area contributed by atoms with Crippen LogP contribution in [0.15, 0.2) is 34.2 Å². The number of carbonyl (C=O) groups is 1. The highest BCUT2D eigenvalue weighted by molar-refractivity contribution is 9.10. The molecular weight excluding hydrogens is 344 g/mol. The largest absolute Gasteiger partial charge is 0.497 e. The summed E-state index contributed by atoms with van der Waals surface area (Å²) in [4.78, 5) is 15.7. The fourth-order valence-corrected chi connectivity index (χ4v) is 3.35. The fourth-order valence-electron chi connectivity index (χ4n) is 1.91. The number of benzene rings is 1. The third-order valence-electron chi connectivity index (χ3n) is 2.88. The van der Waals surface area contributed by atoms with Gasteiger partial charge in [-0.25, -0.2) is 9.78 Å². The molecule has 3 aromatic rings. The summed E-state index contributed by atoms with van der Waals surface area (Å²) in [5.74, 6) is -0.274. The van der Waals surface area contributed by atoms with Crippen molar-refractivity contribution in [2.24, 2.45) is 0 Å². The molecule has 0 bridgehead atoms. The molecule has 0 saturated heterocycles. The number of aromatic carboxylic acids is 1. The maximum Gasteiger partial charge on any atom is 0.356 e. The summed E-state index contributed by atoms with van der Waals surface area (Å²) < 4.78 is 7.82. The highest BCUT2D eigenvalue weighted by atomic mass is 79.9. The van der Waals surface area contributed by atoms with Crippen molar-refractivity contribution in [1.29, 1.82) is 0 Å². The van der Waals surface area contributed by atoms with Gasteiger partial charge < -0.3 is 9.84 Å². The number of hydrogen-bond acceptors (Lipinski definition) is 4. The number of methoxy groups -OCH3 is 1. The maximum absolute atomic E-state index is 11.0. The Balaban J connectivity index is 2.16. The molecule has 0 amide bonds. The molecule has 2 aromatic heterocycles. The smallest absolute Gasteiger partial charge is 0.356 e. The summed E-state index contributed by atoms with van der Waals surface area (Å²) in [7, 11) is 1.61. The van der Waals surface area contributed by atoms with Crippen LogP contribution in [0, 0.1) is 0 Å². The number of rotatable bonds is 3. The van der Waals surface area contributed by atoms with Gasteiger partial charge in [-0.3, -0.25) is 4.40 Å². The third kappa shape index (κ3) is 2.08. The van der Waals surface area contributed by atoms with Crippen LogP contribution in [-0.2, 0) is 0 Å². The minimum atomic E-state index is -1.03. The predicted octanol–water partition coefficient (Wildman–Crippen LogP) is 3.53. The lowest BCUT2D eigenvalue weighted by Crippen LogP contribution is -1.95. The number of hydrogen-bond donors (Lipinski definition) is 1. The molecule has 5 nitrogen and oxygen atoms in total. The van der Waals surface area contributed by atoms with Crippen LogP contribution in [0.2, 0.25) is 0 Å². The van der Waals surface area contributed by atoms with Gasteiger partial charge in [0.25, 0.3) is 0 Å². The van der Waals surface area contributed by atoms with Crippen LogP contribution in [0.5, 0.6) is 5.75 Å². The van der Waals surface area contributed by atoms with E-state index in [2.05, 4.69) is 20.9 Å². The summed E-state index contributed by atoms with van der Waals surface area (Å²) in [6, 6.07) is 5.65. The van der Waals surface area contributed by atoms with Crippen molar-refractivity contribution in [2.45, 2.75) is 0 Å². The standard InChI is InChI=1S/C13H9BrN2O3S/c1-19-7-2-3-8(9(14)4-7)11-6-20-13-15-10(12(17)18)5-16(11)13/h2-6H,1H3,(H,17,18). The zero-order valence-electron chi connectivity index (χ0n) is 10.3. The van der Waals surface area contributed by atoms with Crippen molar-refractivity contribution >= 4 is 38.2 Å². The van der Waals surface area contributed by atoms with E-state index in [0.717, 1.165) is 21.5 Å². The third-order valence-corrected chi connectivity index (χ3v) is 4.38. The summed E-state index contributed by atoms with van der Waals surface area (Å²) in [6.07, 6.45) is 1.53. The molecule has 7 heteroatoms. The quantitative estimate of drug-likeness (QED) is 0.782. The maximum atomic E-state index is 11.0. The van der Waals surface area contributed by atoms with Crippen molar-refractivity contribution in [3.63, 3.8) is 0 Å². The molecule has 2 heterocycles. The van der Waals surface area contributed by atoms with Gasteiger partial charge in [-0.2, -0.15) is 0 Å². The average Bonchev–Trinajstić information content (AvgIpc) is 2.99. The monoisotopic (exact) mass is 352 g/mol. The van der Waals surface area contributed by atoms with Gasteiger partial charge in [0.05, 0.1) is 12.8 Å². The van der Waals surface area contributed by atoms with E-state index in [9.17, 15) is 4.79 Å². The van der Waals surface area contributed by atoms with E-state index in [1.165, 1.54) is 17.5 Å². The predicted molar refractivity (Wildman–Crippen MR) is 79.7 cm³/mol. The van der Waals surface area contributed by atoms with Crippen LogP contribution in [0.4, 0.5) is 0 Å². The molecule has 0 aliphatic carbocycles. The summed E-state index contributed by atoms with van der Waals surface area (Å²) in [5.41, 5.74) is 1.88. The zero-order valence-corrected chi connectivity index (χ0v) is 12.7. The first kappa shape index (κ1) is 13.1. The lowest BCUT2D eigenvalue weighted by molar-refractivity contribution is 0.0691. The molecule has 0 radical (unpaired) electrons. The van der Waals surface area contributed by atoms with Crippen molar-refractivity contribution < 1.29 is 14.6 Å². The van der Waals surface area contributed by atoms with Crippen LogP contribution >= 0.6 is 27.3 Å². The van der Waals surface area contributed by atoms with E-state index in [1.807, 2.05) is 23.6 Å². The van der Waals surface area contributed by atoms with Crippen LogP contribution in [0.1, 0.15) is 10.5 Å². The Labute approximate surface area is 126 Å². The molecular formula is C13H9BrN2O3S. The fraction of sp³-hybridized carbons (Fsp3) is 0.0769. The first-order valence-electron chi connectivity index (χ1n) is 5.64. The van der Waals surface area contributed by atoms with Gasteiger partial charge in [-0.05, 0) is 34.1 Å². The van der Waals surface area contributed by atoms with E-state index in [0.29, 0.717) is 4.96 Å². The molecule has 3 rings (SSSR count). The number of aromatic nitrogens is 2. The van der Waals surface area contributed by atoms with Gasteiger partial charge in [-0.1, -0.05) is 0 Å². The molecule has 102 valence electrons. The molecule has 0 aliphatic heterocycles. The minimum absolute atomic E-state index is 0.0442. The lowest BCUT2D eigenvalue weighted by Gasteiger charge is -2.06. The Kier molecular flexibility index (Phi) is 3.23. The number of imidazole rings is 1. The van der Waals surface area contributed by atoms with Crippen molar-refractivity contribution in [3.8, 4) is 17.0 Å². The average molecular weight is 353 g/mol. The van der Waals surface area contributed by atoms with Gasteiger partial charge in [0.2, 0.25) is 0 Å². The number of ether oxygens (including phenoxy) is 1. The van der Waals surface area contributed by atoms with Crippen LogP contribution in [0.25, 0.3) is 16.2 Å². The van der Waals surface area contributed by atoms with Gasteiger partial charge in [0.15, 0.2) is 10.7 Å². The first-order chi connectivity index (χ1) is 9.60. The number of nitrogens with zero attached hydrogens (tertiary/aromatic N) is 2. The zero-order chi connectivity index (χ0) is 14.3. The van der Waals surface area contributed by atoms with Crippen molar-refractivity contribution in [1.82, 2.24) is 9.38 Å². The number of halogens is 1. The Morgan fingerprint density at radius 2 is 2.30 bits per heavy atom. The Morgan fingerprint density at radius 1 is 1.50 bits per heavy atom. The van der Waals surface area contributed by atoms with Gasteiger partial charge >= 0.3 is 5.97 Å². The molecule has 0 unspecified atom stereocenters. The molecule has 1 N–H and O–H groups in total. The molecule has 0 saturated carbocycles. The molecule has 1 aromatic carbocycles. The molecule has 0 spiro atoms. The number of fused-ring (bicyclic) bond motifs is 1. The van der Waals surface area contributed by atoms with Crippen LogP contribution in [0.3, 0.4) is 0 Å². The number of thiazole rings is 1. The molecule has 0 aliphatic rings. The van der Waals surface area contributed by atoms with Gasteiger partial charge in [-0.15, -0.1) is 11.3 Å². The molecule has 0 fully saturated rings. The summed E-state index contributed by atoms with van der Waals surface area (Å²) in [5, 5.41) is 10.9. The van der Waals surface area contributed by atoms with Gasteiger partial charge in [0.1, 0.15) is 5.75 Å². The second-order valence-electron chi connectivity index (χ2n) is 4.05. The van der Waals surface area contributed by atoms with E-state index >= 15 is 0 Å². The summed E-state index contributed by atoms with van der Waals surface area (Å²) >= 11 is 4.91. The van der Waals surface area contributed by atoms with E-state index in [-0.39, 0.29) is 5.69 Å². The van der Waals surface area contributed by atoms with Gasteiger partial charge in [0, 0.05) is 21.6 Å². The van der Waals surface area contributed by atoms with E-state index in [1.54, 1.807) is 11.5 Å². The first-order valence-corrected chi connectivity index (χ1v) is 7.31. The van der Waals surface area contributed by atoms with E-state index < -0.39 is 5.97 Å². The number of carboxylic acids is 1. The minimum Gasteiger partial charge on any atom is -0.497 e. The molecule has 20 heavy (non-hydrogen) atoms. The number of carboxylic acid groups (broad SMARTS) is 1. The van der Waals surface area contributed by atoms with Crippen molar-refractivity contribution in [2.75, 3.05) is 7.11 Å². The lowest BCUT2D eigenvalue weighted by atomic mass is 10.1. The Hall–Kier alpha value is -1.86. The molecule has 0 atom stereocenters. The Morgan fingerprint density at radius 3 is 2.95 bits per heavy atom. The van der Waals surface area contributed by atoms with E-state index in [4.69, 9.17) is 9.84 Å². The topological polar surface area (TPSA) is 63.8 Å². The summed E-state index contributed by atoms with van der Waals surface area (Å²) in [6.45, 7) is 0. The highest BCUT2D eigenvalue weighted by Gasteiger charge is 2.15. The highest BCUT2D eigenvalue weighted by Crippen LogP contribution is 2.34. The van der Waals surface area contributed by atoms with Crippen LogP contribution < -0.4 is 4.74 Å². The second-order valence-corrected chi connectivity index (χ2v) is 5.74. The second kappa shape index (κ2) is 4.92.